The van der Waals surface area contributed by atoms with Crippen LogP contribution in [0.25, 0.3) is 0 Å². The average molecular weight is 360 g/mol. The van der Waals surface area contributed by atoms with Crippen molar-refractivity contribution in [1.29, 1.82) is 0 Å². The Kier molecular flexibility index (Phi) is 4.75. The van der Waals surface area contributed by atoms with Gasteiger partial charge < -0.3 is 14.4 Å². The Balaban J connectivity index is 1.31. The van der Waals surface area contributed by atoms with Crippen LogP contribution in [0.4, 0.5) is 0 Å². The molecule has 5 nitrogen and oxygen atoms in total. The van der Waals surface area contributed by atoms with Gasteiger partial charge in [-0.2, -0.15) is 0 Å². The van der Waals surface area contributed by atoms with Crippen molar-refractivity contribution >= 4 is 5.91 Å². The highest BCUT2D eigenvalue weighted by atomic mass is 16.5. The summed E-state index contributed by atoms with van der Waals surface area (Å²) in [5.74, 6) is 2.07. The van der Waals surface area contributed by atoms with Gasteiger partial charge in [0.25, 0.3) is 5.91 Å². The van der Waals surface area contributed by atoms with E-state index in [-0.39, 0.29) is 12.0 Å². The number of hydrogen-bond donors (Lipinski definition) is 0. The van der Waals surface area contributed by atoms with E-state index >= 15 is 0 Å². The second kappa shape index (κ2) is 7.50. The number of para-hydroxylation sites is 1. The summed E-state index contributed by atoms with van der Waals surface area (Å²) in [6, 6.07) is 22.4. The van der Waals surface area contributed by atoms with E-state index in [1.54, 1.807) is 17.0 Å². The van der Waals surface area contributed by atoms with E-state index in [0.717, 1.165) is 11.4 Å². The van der Waals surface area contributed by atoms with E-state index in [1.165, 1.54) is 0 Å². The number of benzene rings is 2. The molecule has 27 heavy (non-hydrogen) atoms. The first kappa shape index (κ1) is 17.1. The maximum atomic E-state index is 12.6. The van der Waals surface area contributed by atoms with Crippen LogP contribution in [-0.4, -0.2) is 35.0 Å². The minimum absolute atomic E-state index is 0.00156. The Morgan fingerprint density at radius 3 is 2.33 bits per heavy atom. The fourth-order valence-electron chi connectivity index (χ4n) is 2.91. The largest absolute Gasteiger partial charge is 0.471 e. The number of carbonyl (C=O) groups excluding carboxylic acids is 1. The third-order valence-electron chi connectivity index (χ3n) is 4.37. The van der Waals surface area contributed by atoms with Gasteiger partial charge >= 0.3 is 0 Å². The number of aromatic nitrogens is 1. The van der Waals surface area contributed by atoms with Crippen molar-refractivity contribution < 1.29 is 14.3 Å². The molecule has 1 aromatic heterocycles. The lowest BCUT2D eigenvalue weighted by Gasteiger charge is -2.38. The Morgan fingerprint density at radius 1 is 0.926 bits per heavy atom. The molecule has 1 aliphatic rings. The fourth-order valence-corrected chi connectivity index (χ4v) is 2.91. The number of ether oxygens (including phenoxy) is 2. The summed E-state index contributed by atoms with van der Waals surface area (Å²) in [5, 5.41) is 0. The third kappa shape index (κ3) is 4.08. The Hall–Kier alpha value is -3.34. The van der Waals surface area contributed by atoms with Crippen LogP contribution in [0.5, 0.6) is 17.4 Å². The molecule has 2 heterocycles. The van der Waals surface area contributed by atoms with Crippen LogP contribution >= 0.6 is 0 Å². The van der Waals surface area contributed by atoms with Gasteiger partial charge in [0.2, 0.25) is 5.88 Å². The molecule has 5 heteroatoms. The molecule has 0 bridgehead atoms. The molecule has 4 rings (SSSR count). The number of amides is 1. The van der Waals surface area contributed by atoms with Crippen LogP contribution in [0.1, 0.15) is 16.1 Å². The molecule has 1 amide bonds. The number of pyridine rings is 1. The molecular weight excluding hydrogens is 340 g/mol. The predicted molar refractivity (Wildman–Crippen MR) is 102 cm³/mol. The topological polar surface area (TPSA) is 51.7 Å². The van der Waals surface area contributed by atoms with Crippen molar-refractivity contribution in [3.63, 3.8) is 0 Å². The molecule has 0 aliphatic carbocycles. The summed E-state index contributed by atoms with van der Waals surface area (Å²) in [5.41, 5.74) is 1.56. The second-order valence-electron chi connectivity index (χ2n) is 6.51. The molecular formula is C22H20N2O3. The highest BCUT2D eigenvalue weighted by molar-refractivity contribution is 5.94. The summed E-state index contributed by atoms with van der Waals surface area (Å²) >= 11 is 0. The van der Waals surface area contributed by atoms with Crippen molar-refractivity contribution in [3.8, 4) is 17.4 Å². The van der Waals surface area contributed by atoms with E-state index in [2.05, 4.69) is 4.98 Å². The molecule has 0 spiro atoms. The van der Waals surface area contributed by atoms with Gasteiger partial charge in [0.05, 0.1) is 13.1 Å². The molecule has 1 aliphatic heterocycles. The van der Waals surface area contributed by atoms with Gasteiger partial charge in [0.15, 0.2) is 0 Å². The van der Waals surface area contributed by atoms with Crippen LogP contribution in [0.15, 0.2) is 72.8 Å². The van der Waals surface area contributed by atoms with Gasteiger partial charge in [0, 0.05) is 17.3 Å². The Bertz CT molecular complexity index is 920. The first-order chi connectivity index (χ1) is 13.2. The normalized spacial score (nSPS) is 13.7. The minimum Gasteiger partial charge on any atom is -0.471 e. The lowest BCUT2D eigenvalue weighted by Crippen LogP contribution is -2.56. The molecule has 0 radical (unpaired) electrons. The van der Waals surface area contributed by atoms with E-state index in [4.69, 9.17) is 9.47 Å². The summed E-state index contributed by atoms with van der Waals surface area (Å²) in [7, 11) is 0. The van der Waals surface area contributed by atoms with Crippen molar-refractivity contribution in [2.75, 3.05) is 13.1 Å². The van der Waals surface area contributed by atoms with Gasteiger partial charge in [-0.05, 0) is 49.4 Å². The van der Waals surface area contributed by atoms with E-state index in [1.807, 2.05) is 67.6 Å². The van der Waals surface area contributed by atoms with Crippen molar-refractivity contribution in [2.24, 2.45) is 0 Å². The van der Waals surface area contributed by atoms with Crippen LogP contribution in [0.3, 0.4) is 0 Å². The zero-order valence-corrected chi connectivity index (χ0v) is 15.0. The molecule has 1 fully saturated rings. The van der Waals surface area contributed by atoms with E-state index in [9.17, 15) is 4.79 Å². The monoisotopic (exact) mass is 360 g/mol. The molecule has 0 N–H and O–H groups in total. The highest BCUT2D eigenvalue weighted by Gasteiger charge is 2.33. The van der Waals surface area contributed by atoms with E-state index in [0.29, 0.717) is 30.3 Å². The first-order valence-corrected chi connectivity index (χ1v) is 8.90. The standard InChI is InChI=1S/C22H20N2O3/c1-16-6-5-9-21(23-16)27-20-14-24(15-20)22(25)17-10-12-19(13-11-17)26-18-7-3-2-4-8-18/h2-13,20H,14-15H2,1H3. The summed E-state index contributed by atoms with van der Waals surface area (Å²) in [6.45, 7) is 3.06. The van der Waals surface area contributed by atoms with Crippen molar-refractivity contribution in [1.82, 2.24) is 9.88 Å². The third-order valence-corrected chi connectivity index (χ3v) is 4.37. The Labute approximate surface area is 158 Å². The van der Waals surface area contributed by atoms with Crippen LogP contribution in [0.2, 0.25) is 0 Å². The number of hydrogen-bond acceptors (Lipinski definition) is 4. The quantitative estimate of drug-likeness (QED) is 0.688. The van der Waals surface area contributed by atoms with Gasteiger partial charge in [-0.15, -0.1) is 0 Å². The molecule has 0 saturated carbocycles. The number of nitrogens with zero attached hydrogens (tertiary/aromatic N) is 2. The van der Waals surface area contributed by atoms with Gasteiger partial charge in [-0.1, -0.05) is 24.3 Å². The summed E-state index contributed by atoms with van der Waals surface area (Å²) < 4.78 is 11.6. The average Bonchev–Trinajstić information content (AvgIpc) is 2.65. The Morgan fingerprint density at radius 2 is 1.63 bits per heavy atom. The number of rotatable bonds is 5. The van der Waals surface area contributed by atoms with Crippen LogP contribution < -0.4 is 9.47 Å². The van der Waals surface area contributed by atoms with Crippen LogP contribution in [0, 0.1) is 6.92 Å². The lowest BCUT2D eigenvalue weighted by atomic mass is 10.1. The zero-order valence-electron chi connectivity index (χ0n) is 15.0. The number of carbonyl (C=O) groups is 1. The fraction of sp³-hybridized carbons (Fsp3) is 0.182. The second-order valence-corrected chi connectivity index (χ2v) is 6.51. The number of aryl methyl sites for hydroxylation is 1. The van der Waals surface area contributed by atoms with Crippen LogP contribution in [-0.2, 0) is 0 Å². The first-order valence-electron chi connectivity index (χ1n) is 8.90. The lowest BCUT2D eigenvalue weighted by molar-refractivity contribution is 0.0159. The predicted octanol–water partition coefficient (Wildman–Crippen LogP) is 4.09. The van der Waals surface area contributed by atoms with E-state index < -0.39 is 0 Å². The minimum atomic E-state index is -0.0102. The summed E-state index contributed by atoms with van der Waals surface area (Å²) in [6.07, 6.45) is -0.0102. The van der Waals surface area contributed by atoms with Crippen molar-refractivity contribution in [2.45, 2.75) is 13.0 Å². The van der Waals surface area contributed by atoms with Gasteiger partial charge in [-0.25, -0.2) is 4.98 Å². The maximum absolute atomic E-state index is 12.6. The molecule has 2 aromatic carbocycles. The molecule has 136 valence electrons. The molecule has 0 unspecified atom stereocenters. The summed E-state index contributed by atoms with van der Waals surface area (Å²) in [4.78, 5) is 18.7. The van der Waals surface area contributed by atoms with Gasteiger partial charge in [-0.3, -0.25) is 4.79 Å². The number of likely N-dealkylation sites (tertiary alicyclic amines) is 1. The zero-order chi connectivity index (χ0) is 18.6. The van der Waals surface area contributed by atoms with Gasteiger partial charge in [0.1, 0.15) is 17.6 Å². The molecule has 1 saturated heterocycles. The smallest absolute Gasteiger partial charge is 0.254 e. The maximum Gasteiger partial charge on any atom is 0.254 e. The van der Waals surface area contributed by atoms with Crippen molar-refractivity contribution in [3.05, 3.63) is 84.1 Å². The SMILES string of the molecule is Cc1cccc(OC2CN(C(=O)c3ccc(Oc4ccccc4)cc3)C2)n1. The molecule has 0 atom stereocenters. The highest BCUT2D eigenvalue weighted by Crippen LogP contribution is 2.23. The molecule has 3 aromatic rings.